The average Bonchev–Trinajstić information content (AvgIpc) is 3.79. The van der Waals surface area contributed by atoms with Crippen molar-refractivity contribution in [3.05, 3.63) is 133 Å². The van der Waals surface area contributed by atoms with Crippen LogP contribution >= 0.6 is 34.0 Å². The van der Waals surface area contributed by atoms with Gasteiger partial charge in [-0.2, -0.15) is 0 Å². The molecule has 0 bridgehead atoms. The Balaban J connectivity index is 1.11. The molecule has 0 radical (unpaired) electrons. The molecule has 0 aliphatic heterocycles. The molecule has 0 fully saturated rings. The summed E-state index contributed by atoms with van der Waals surface area (Å²) in [5, 5.41) is 4.71. The summed E-state index contributed by atoms with van der Waals surface area (Å²) in [7, 11) is 0. The average molecular weight is 603 g/mol. The van der Waals surface area contributed by atoms with Crippen LogP contribution in [-0.4, -0.2) is 9.97 Å². The van der Waals surface area contributed by atoms with Crippen molar-refractivity contribution in [3.8, 4) is 43.4 Å². The largest absolute Gasteiger partial charge is 0.236 e. The van der Waals surface area contributed by atoms with E-state index < -0.39 is 0 Å². The lowest BCUT2D eigenvalue weighted by Crippen LogP contribution is -1.82. The molecule has 3 heterocycles. The molecule has 2 nitrogen and oxygen atoms in total. The highest BCUT2D eigenvalue weighted by atomic mass is 32.1. The van der Waals surface area contributed by atoms with Crippen LogP contribution in [0.2, 0.25) is 0 Å². The van der Waals surface area contributed by atoms with Gasteiger partial charge in [0.15, 0.2) is 0 Å². The monoisotopic (exact) mass is 602 g/mol. The van der Waals surface area contributed by atoms with E-state index in [0.29, 0.717) is 0 Å². The summed E-state index contributed by atoms with van der Waals surface area (Å²) in [6.45, 7) is 0. The first-order chi connectivity index (χ1) is 21.2. The summed E-state index contributed by atoms with van der Waals surface area (Å²) in [4.78, 5) is 9.78. The number of thiazole rings is 2. The number of thiophene rings is 1. The smallest absolute Gasteiger partial charge is 0.124 e. The molecule has 0 saturated carbocycles. The number of para-hydroxylation sites is 2. The van der Waals surface area contributed by atoms with Gasteiger partial charge in [-0.3, -0.25) is 0 Å². The van der Waals surface area contributed by atoms with Crippen LogP contribution in [0.1, 0.15) is 0 Å². The predicted molar refractivity (Wildman–Crippen MR) is 187 cm³/mol. The summed E-state index contributed by atoms with van der Waals surface area (Å²) in [6.07, 6.45) is 0. The van der Waals surface area contributed by atoms with Gasteiger partial charge in [0.05, 0.1) is 20.4 Å². The van der Waals surface area contributed by atoms with Crippen LogP contribution in [0.3, 0.4) is 0 Å². The number of fused-ring (bicyclic) bond motifs is 5. The normalized spacial score (nSPS) is 11.7. The minimum absolute atomic E-state index is 1.06. The third-order valence-corrected chi connectivity index (χ3v) is 11.3. The fourth-order valence-corrected chi connectivity index (χ4v) is 8.78. The molecule has 5 heteroatoms. The van der Waals surface area contributed by atoms with Crippen LogP contribution in [0, 0.1) is 0 Å². The Labute approximate surface area is 260 Å². The van der Waals surface area contributed by atoms with Crippen LogP contribution in [0.25, 0.3) is 84.0 Å². The lowest BCUT2D eigenvalue weighted by molar-refractivity contribution is 1.47. The molecule has 0 N–H and O–H groups in total. The lowest BCUT2D eigenvalue weighted by atomic mass is 9.99. The Hall–Kier alpha value is -4.68. The fraction of sp³-hybridized carbons (Fsp3) is 0. The lowest BCUT2D eigenvalue weighted by Gasteiger charge is -2.06. The second kappa shape index (κ2) is 9.96. The Morgan fingerprint density at radius 3 is 1.26 bits per heavy atom. The first-order valence-electron chi connectivity index (χ1n) is 14.1. The van der Waals surface area contributed by atoms with E-state index in [0.717, 1.165) is 32.2 Å². The van der Waals surface area contributed by atoms with Crippen molar-refractivity contribution >= 4 is 74.6 Å². The molecule has 9 aromatic rings. The number of hydrogen-bond acceptors (Lipinski definition) is 5. The molecular formula is C38H22N2S3. The van der Waals surface area contributed by atoms with Crippen molar-refractivity contribution in [2.24, 2.45) is 0 Å². The summed E-state index contributed by atoms with van der Waals surface area (Å²) >= 11 is 5.35. The quantitative estimate of drug-likeness (QED) is 0.200. The van der Waals surface area contributed by atoms with Crippen LogP contribution in [0.5, 0.6) is 0 Å². The third-order valence-electron chi connectivity index (χ3n) is 7.94. The summed E-state index contributed by atoms with van der Waals surface area (Å²) in [6, 6.07) is 48.0. The Morgan fingerprint density at radius 2 is 0.767 bits per heavy atom. The van der Waals surface area contributed by atoms with Gasteiger partial charge in [0.2, 0.25) is 0 Å². The van der Waals surface area contributed by atoms with E-state index in [9.17, 15) is 0 Å². The molecule has 0 spiro atoms. The second-order valence-electron chi connectivity index (χ2n) is 10.7. The van der Waals surface area contributed by atoms with Crippen molar-refractivity contribution in [3.63, 3.8) is 0 Å². The maximum atomic E-state index is 4.89. The number of benzene rings is 6. The molecule has 0 aliphatic rings. The van der Waals surface area contributed by atoms with E-state index in [2.05, 4.69) is 121 Å². The van der Waals surface area contributed by atoms with E-state index in [4.69, 9.17) is 9.97 Å². The minimum atomic E-state index is 1.06. The van der Waals surface area contributed by atoms with Gasteiger partial charge >= 0.3 is 0 Å². The summed E-state index contributed by atoms with van der Waals surface area (Å²) < 4.78 is 5.05. The minimum Gasteiger partial charge on any atom is -0.236 e. The molecule has 0 saturated heterocycles. The molecule has 0 atom stereocenters. The van der Waals surface area contributed by atoms with E-state index in [1.165, 1.54) is 51.8 Å². The van der Waals surface area contributed by atoms with Gasteiger partial charge in [-0.1, -0.05) is 72.8 Å². The number of nitrogens with zero attached hydrogens (tertiary/aromatic N) is 2. The highest BCUT2D eigenvalue weighted by Gasteiger charge is 2.12. The predicted octanol–water partition coefficient (Wildman–Crippen LogP) is 11.9. The fourth-order valence-electron chi connectivity index (χ4n) is 5.79. The molecule has 0 unspecified atom stereocenters. The van der Waals surface area contributed by atoms with Gasteiger partial charge in [-0.25, -0.2) is 9.97 Å². The third kappa shape index (κ3) is 4.36. The molecular weight excluding hydrogens is 581 g/mol. The van der Waals surface area contributed by atoms with Crippen LogP contribution in [-0.2, 0) is 0 Å². The number of aromatic nitrogens is 2. The number of rotatable bonds is 4. The van der Waals surface area contributed by atoms with Gasteiger partial charge in [0.1, 0.15) is 10.0 Å². The van der Waals surface area contributed by atoms with Crippen molar-refractivity contribution in [1.29, 1.82) is 0 Å². The molecule has 43 heavy (non-hydrogen) atoms. The van der Waals surface area contributed by atoms with E-state index in [-0.39, 0.29) is 0 Å². The summed E-state index contributed by atoms with van der Waals surface area (Å²) in [5.41, 5.74) is 9.28. The van der Waals surface area contributed by atoms with Crippen LogP contribution in [0.4, 0.5) is 0 Å². The van der Waals surface area contributed by atoms with Gasteiger partial charge < -0.3 is 0 Å². The topological polar surface area (TPSA) is 25.8 Å². The standard InChI is InChI=1S/C38H22N2S3/c1-3-13-35-31(11-1)39-37(42-35)27-9-5-7-23(19-27)25-15-17-33-29(21-25)30-22-26(16-18-34(30)41-33)24-8-6-10-28(20-24)38-40-32-12-2-4-14-36(32)43-38/h1-22H. The SMILES string of the molecule is c1cc(-c2ccc3sc4ccc(-c5cccc(-c6nc7ccccc7s6)c5)cc4c3c2)cc(-c2nc3ccccc3s2)c1. The molecule has 202 valence electrons. The van der Waals surface area contributed by atoms with Crippen LogP contribution < -0.4 is 0 Å². The molecule has 6 aromatic carbocycles. The molecule has 0 amide bonds. The first kappa shape index (κ1) is 24.9. The van der Waals surface area contributed by atoms with E-state index in [1.807, 2.05) is 23.5 Å². The van der Waals surface area contributed by atoms with E-state index in [1.54, 1.807) is 22.7 Å². The maximum Gasteiger partial charge on any atom is 0.124 e. The zero-order valence-corrected chi connectivity index (χ0v) is 25.3. The van der Waals surface area contributed by atoms with Crippen molar-refractivity contribution < 1.29 is 0 Å². The van der Waals surface area contributed by atoms with Gasteiger partial charge in [0.25, 0.3) is 0 Å². The number of hydrogen-bond donors (Lipinski definition) is 0. The zero-order valence-electron chi connectivity index (χ0n) is 22.8. The Morgan fingerprint density at radius 1 is 0.326 bits per heavy atom. The highest BCUT2D eigenvalue weighted by Crippen LogP contribution is 2.40. The maximum absolute atomic E-state index is 4.89. The van der Waals surface area contributed by atoms with Crippen molar-refractivity contribution in [2.45, 2.75) is 0 Å². The first-order valence-corrected chi connectivity index (χ1v) is 16.6. The van der Waals surface area contributed by atoms with Crippen molar-refractivity contribution in [2.75, 3.05) is 0 Å². The Kier molecular flexibility index (Phi) is 5.76. The zero-order chi connectivity index (χ0) is 28.3. The molecule has 9 rings (SSSR count). The molecule has 0 aliphatic carbocycles. The Bertz CT molecular complexity index is 2240. The summed E-state index contributed by atoms with van der Waals surface area (Å²) in [5.74, 6) is 0. The highest BCUT2D eigenvalue weighted by molar-refractivity contribution is 7.25. The van der Waals surface area contributed by atoms with Crippen molar-refractivity contribution in [1.82, 2.24) is 9.97 Å². The van der Waals surface area contributed by atoms with Gasteiger partial charge in [0, 0.05) is 31.3 Å². The van der Waals surface area contributed by atoms with Crippen LogP contribution in [0.15, 0.2) is 133 Å². The second-order valence-corrected chi connectivity index (χ2v) is 13.8. The van der Waals surface area contributed by atoms with Gasteiger partial charge in [-0.05, 0) is 82.9 Å². The molecule has 3 aromatic heterocycles. The van der Waals surface area contributed by atoms with E-state index >= 15 is 0 Å². The van der Waals surface area contributed by atoms with Gasteiger partial charge in [-0.15, -0.1) is 34.0 Å².